The molecule has 0 aromatic rings. The highest BCUT2D eigenvalue weighted by Crippen LogP contribution is 2.70. The van der Waals surface area contributed by atoms with Crippen LogP contribution in [0, 0.1) is 35.5 Å². The Kier molecular flexibility index (Phi) is 1.37. The maximum absolute atomic E-state index is 12.1. The summed E-state index contributed by atoms with van der Waals surface area (Å²) in [6, 6.07) is 0. The Morgan fingerprint density at radius 2 is 1.57 bits per heavy atom. The van der Waals surface area contributed by atoms with Crippen molar-refractivity contribution < 1.29 is 4.79 Å². The molecule has 0 aliphatic heterocycles. The molecule has 1 heteroatoms. The molecule has 76 valence electrons. The molecule has 0 amide bonds. The molecule has 14 heavy (non-hydrogen) atoms. The fourth-order valence-corrected chi connectivity index (χ4v) is 4.67. The van der Waals surface area contributed by atoms with E-state index in [0.717, 1.165) is 23.7 Å². The molecule has 4 atom stereocenters. The van der Waals surface area contributed by atoms with Crippen LogP contribution >= 0.6 is 0 Å². The average Bonchev–Trinajstić information content (AvgIpc) is 2.53. The van der Waals surface area contributed by atoms with E-state index in [1.807, 2.05) is 0 Å². The van der Waals surface area contributed by atoms with Gasteiger partial charge in [-0.05, 0) is 55.8 Å². The van der Waals surface area contributed by atoms with Crippen molar-refractivity contribution in [2.24, 2.45) is 35.5 Å². The Hall–Kier alpha value is -0.330. The molecule has 0 heterocycles. The van der Waals surface area contributed by atoms with Crippen LogP contribution in [0.1, 0.15) is 38.5 Å². The van der Waals surface area contributed by atoms with E-state index in [0.29, 0.717) is 17.6 Å². The molecule has 4 fully saturated rings. The highest BCUT2D eigenvalue weighted by molar-refractivity contribution is 5.87. The number of carbonyl (C=O) groups excluding carboxylic acids is 1. The molecule has 1 nitrogen and oxygen atoms in total. The van der Waals surface area contributed by atoms with Gasteiger partial charge in [0.2, 0.25) is 0 Å². The molecule has 0 aromatic carbocycles. The van der Waals surface area contributed by atoms with Gasteiger partial charge in [0, 0.05) is 11.8 Å². The van der Waals surface area contributed by atoms with Gasteiger partial charge < -0.3 is 0 Å². The minimum Gasteiger partial charge on any atom is -0.299 e. The van der Waals surface area contributed by atoms with Crippen molar-refractivity contribution in [2.45, 2.75) is 38.5 Å². The lowest BCUT2D eigenvalue weighted by molar-refractivity contribution is -0.127. The SMILES string of the molecule is O=C(C1CCC1)C1C2C3CCC(C3)C12. The summed E-state index contributed by atoms with van der Waals surface area (Å²) in [7, 11) is 0. The molecule has 4 aliphatic rings. The molecular weight excluding hydrogens is 172 g/mol. The maximum Gasteiger partial charge on any atom is 0.139 e. The minimum atomic E-state index is 0.505. The van der Waals surface area contributed by atoms with Gasteiger partial charge >= 0.3 is 0 Å². The van der Waals surface area contributed by atoms with Crippen LogP contribution in [0.15, 0.2) is 0 Å². The highest BCUT2D eigenvalue weighted by atomic mass is 16.1. The molecule has 0 spiro atoms. The zero-order valence-electron chi connectivity index (χ0n) is 8.61. The highest BCUT2D eigenvalue weighted by Gasteiger charge is 2.67. The summed E-state index contributed by atoms with van der Waals surface area (Å²) in [5.74, 6) is 5.45. The van der Waals surface area contributed by atoms with Crippen molar-refractivity contribution in [1.29, 1.82) is 0 Å². The summed E-state index contributed by atoms with van der Waals surface area (Å²) in [6.45, 7) is 0. The van der Waals surface area contributed by atoms with Gasteiger partial charge in [0.1, 0.15) is 5.78 Å². The molecule has 0 N–H and O–H groups in total. The molecule has 0 saturated heterocycles. The van der Waals surface area contributed by atoms with Crippen LogP contribution in [0.3, 0.4) is 0 Å². The summed E-state index contributed by atoms with van der Waals surface area (Å²) >= 11 is 0. The van der Waals surface area contributed by atoms with Gasteiger partial charge in [0.15, 0.2) is 0 Å². The van der Waals surface area contributed by atoms with Crippen LogP contribution in [0.5, 0.6) is 0 Å². The largest absolute Gasteiger partial charge is 0.299 e. The van der Waals surface area contributed by atoms with E-state index in [2.05, 4.69) is 0 Å². The Bertz CT molecular complexity index is 276. The van der Waals surface area contributed by atoms with E-state index in [-0.39, 0.29) is 0 Å². The van der Waals surface area contributed by atoms with Crippen LogP contribution < -0.4 is 0 Å². The fraction of sp³-hybridized carbons (Fsp3) is 0.923. The van der Waals surface area contributed by atoms with Gasteiger partial charge in [-0.15, -0.1) is 0 Å². The topological polar surface area (TPSA) is 17.1 Å². The zero-order chi connectivity index (χ0) is 9.28. The predicted octanol–water partition coefficient (Wildman–Crippen LogP) is 2.65. The molecule has 4 aliphatic carbocycles. The van der Waals surface area contributed by atoms with Crippen LogP contribution in [0.25, 0.3) is 0 Å². The average molecular weight is 190 g/mol. The van der Waals surface area contributed by atoms with Crippen molar-refractivity contribution in [1.82, 2.24) is 0 Å². The molecule has 4 unspecified atom stereocenters. The van der Waals surface area contributed by atoms with Gasteiger partial charge in [0.05, 0.1) is 0 Å². The lowest BCUT2D eigenvalue weighted by atomic mass is 9.79. The van der Waals surface area contributed by atoms with E-state index >= 15 is 0 Å². The van der Waals surface area contributed by atoms with E-state index in [4.69, 9.17) is 0 Å². The number of ketones is 1. The third kappa shape index (κ3) is 0.803. The Labute approximate surface area is 85.3 Å². The second-order valence-corrected chi connectivity index (χ2v) is 6.04. The summed E-state index contributed by atoms with van der Waals surface area (Å²) in [5.41, 5.74) is 0. The standard InChI is InChI=1S/C13H18O/c14-13(7-2-1-3-7)12-10-8-4-5-9(6-8)11(10)12/h7-12H,1-6H2. The van der Waals surface area contributed by atoms with Gasteiger partial charge in [-0.2, -0.15) is 0 Å². The monoisotopic (exact) mass is 190 g/mol. The molecule has 4 rings (SSSR count). The second-order valence-electron chi connectivity index (χ2n) is 6.04. The number of Topliss-reactive ketones (excluding diaryl/α,β-unsaturated/α-hetero) is 1. The first-order valence-electron chi connectivity index (χ1n) is 6.40. The van der Waals surface area contributed by atoms with Crippen molar-refractivity contribution in [3.63, 3.8) is 0 Å². The van der Waals surface area contributed by atoms with E-state index < -0.39 is 0 Å². The van der Waals surface area contributed by atoms with Crippen LogP contribution in [-0.4, -0.2) is 5.78 Å². The van der Waals surface area contributed by atoms with Crippen molar-refractivity contribution in [3.05, 3.63) is 0 Å². The Balaban J connectivity index is 1.52. The van der Waals surface area contributed by atoms with Crippen molar-refractivity contribution in [2.75, 3.05) is 0 Å². The first-order chi connectivity index (χ1) is 6.86. The second kappa shape index (κ2) is 2.43. The maximum atomic E-state index is 12.1. The summed E-state index contributed by atoms with van der Waals surface area (Å²) in [6.07, 6.45) is 8.10. The van der Waals surface area contributed by atoms with Crippen LogP contribution in [0.2, 0.25) is 0 Å². The minimum absolute atomic E-state index is 0.505. The summed E-state index contributed by atoms with van der Waals surface area (Å²) in [4.78, 5) is 12.1. The van der Waals surface area contributed by atoms with Crippen LogP contribution in [0.4, 0.5) is 0 Å². The molecule has 2 bridgehead atoms. The Morgan fingerprint density at radius 3 is 2.07 bits per heavy atom. The summed E-state index contributed by atoms with van der Waals surface area (Å²) in [5, 5.41) is 0. The molecular formula is C13H18O. The normalized spacial score (nSPS) is 54.1. The first kappa shape index (κ1) is 7.90. The molecule has 0 radical (unpaired) electrons. The third-order valence-corrected chi connectivity index (χ3v) is 5.57. The lowest BCUT2D eigenvalue weighted by Gasteiger charge is -2.25. The Morgan fingerprint density at radius 1 is 0.929 bits per heavy atom. The van der Waals surface area contributed by atoms with Crippen LogP contribution in [-0.2, 0) is 4.79 Å². The number of hydrogen-bond acceptors (Lipinski definition) is 1. The molecule has 4 saturated carbocycles. The third-order valence-electron chi connectivity index (χ3n) is 5.57. The van der Waals surface area contributed by atoms with Crippen molar-refractivity contribution in [3.8, 4) is 0 Å². The number of fused-ring (bicyclic) bond motifs is 5. The zero-order valence-corrected chi connectivity index (χ0v) is 8.61. The number of rotatable bonds is 2. The predicted molar refractivity (Wildman–Crippen MR) is 53.6 cm³/mol. The van der Waals surface area contributed by atoms with Crippen molar-refractivity contribution >= 4 is 5.78 Å². The number of carbonyl (C=O) groups is 1. The first-order valence-corrected chi connectivity index (χ1v) is 6.40. The van der Waals surface area contributed by atoms with E-state index in [9.17, 15) is 4.79 Å². The summed E-state index contributed by atoms with van der Waals surface area (Å²) < 4.78 is 0. The fourth-order valence-electron chi connectivity index (χ4n) is 4.67. The molecule has 0 aromatic heterocycles. The van der Waals surface area contributed by atoms with Gasteiger partial charge in [-0.25, -0.2) is 0 Å². The quantitative estimate of drug-likeness (QED) is 0.654. The number of hydrogen-bond donors (Lipinski definition) is 0. The van der Waals surface area contributed by atoms with E-state index in [1.54, 1.807) is 0 Å². The van der Waals surface area contributed by atoms with Gasteiger partial charge in [-0.1, -0.05) is 6.42 Å². The lowest BCUT2D eigenvalue weighted by Crippen LogP contribution is -2.25. The van der Waals surface area contributed by atoms with Gasteiger partial charge in [-0.3, -0.25) is 4.79 Å². The van der Waals surface area contributed by atoms with E-state index in [1.165, 1.54) is 38.5 Å². The smallest absolute Gasteiger partial charge is 0.139 e. The van der Waals surface area contributed by atoms with Gasteiger partial charge in [0.25, 0.3) is 0 Å².